The van der Waals surface area contributed by atoms with Gasteiger partial charge in [0.1, 0.15) is 0 Å². The molecule has 1 aromatic heterocycles. The summed E-state index contributed by atoms with van der Waals surface area (Å²) in [6, 6.07) is 9.22. The summed E-state index contributed by atoms with van der Waals surface area (Å²) < 4.78 is 5.02. The molecule has 4 heteroatoms. The number of nitriles is 1. The van der Waals surface area contributed by atoms with Crippen LogP contribution in [0.15, 0.2) is 24.3 Å². The molecule has 0 amide bonds. The van der Waals surface area contributed by atoms with Gasteiger partial charge in [0.25, 0.3) is 6.47 Å². The summed E-state index contributed by atoms with van der Waals surface area (Å²) in [5.41, 5.74) is 4.09. The number of ether oxygens (including phenoxy) is 1. The second kappa shape index (κ2) is 4.76. The number of H-pyrrole nitrogens is 1. The molecular weight excluding hydrogens is 228 g/mol. The summed E-state index contributed by atoms with van der Waals surface area (Å²) in [7, 11) is 0. The van der Waals surface area contributed by atoms with Crippen molar-refractivity contribution < 1.29 is 9.53 Å². The number of carbonyl (C=O) groups excluding carboxylic acids is 1. The van der Waals surface area contributed by atoms with E-state index in [1.54, 1.807) is 12.1 Å². The van der Waals surface area contributed by atoms with Gasteiger partial charge in [-0.2, -0.15) is 5.26 Å². The van der Waals surface area contributed by atoms with Crippen LogP contribution >= 0.6 is 0 Å². The number of aromatic amines is 1. The minimum absolute atomic E-state index is 0.419. The van der Waals surface area contributed by atoms with Crippen molar-refractivity contribution in [2.75, 3.05) is 0 Å². The number of aryl methyl sites for hydroxylation is 2. The van der Waals surface area contributed by atoms with Crippen LogP contribution in [0, 0.1) is 25.2 Å². The normalized spacial score (nSPS) is 9.83. The van der Waals surface area contributed by atoms with Crippen molar-refractivity contribution in [1.82, 2.24) is 4.98 Å². The van der Waals surface area contributed by atoms with Crippen LogP contribution in [-0.4, -0.2) is 11.5 Å². The maximum absolute atomic E-state index is 10.5. The third-order valence-corrected chi connectivity index (χ3v) is 2.79. The Labute approximate surface area is 105 Å². The van der Waals surface area contributed by atoms with E-state index in [1.807, 2.05) is 26.0 Å². The third kappa shape index (κ3) is 1.98. The highest BCUT2D eigenvalue weighted by atomic mass is 16.5. The molecule has 90 valence electrons. The molecule has 0 unspecified atom stereocenters. The zero-order chi connectivity index (χ0) is 13.1. The van der Waals surface area contributed by atoms with Crippen LogP contribution in [0.3, 0.4) is 0 Å². The van der Waals surface area contributed by atoms with E-state index in [2.05, 4.69) is 11.1 Å². The second-order valence-corrected chi connectivity index (χ2v) is 3.98. The molecule has 2 rings (SSSR count). The van der Waals surface area contributed by atoms with Crippen molar-refractivity contribution in [3.63, 3.8) is 0 Å². The summed E-state index contributed by atoms with van der Waals surface area (Å²) in [4.78, 5) is 13.7. The number of benzene rings is 1. The first-order valence-corrected chi connectivity index (χ1v) is 5.47. The van der Waals surface area contributed by atoms with E-state index in [0.29, 0.717) is 17.8 Å². The van der Waals surface area contributed by atoms with Gasteiger partial charge in [-0.15, -0.1) is 0 Å². The lowest BCUT2D eigenvalue weighted by Crippen LogP contribution is -1.91. The zero-order valence-electron chi connectivity index (χ0n) is 10.2. The van der Waals surface area contributed by atoms with Crippen molar-refractivity contribution in [2.24, 2.45) is 0 Å². The van der Waals surface area contributed by atoms with Gasteiger partial charge in [0.2, 0.25) is 0 Å². The topological polar surface area (TPSA) is 65.9 Å². The molecule has 1 heterocycles. The van der Waals surface area contributed by atoms with Gasteiger partial charge in [-0.1, -0.05) is 12.1 Å². The van der Waals surface area contributed by atoms with E-state index >= 15 is 0 Å². The van der Waals surface area contributed by atoms with Crippen LogP contribution in [0.5, 0.6) is 5.75 Å². The molecule has 0 aliphatic carbocycles. The SMILES string of the molecule is Cc1[nH]c(C)c(-c2ccc(C#N)cc2)c1OC=O. The fraction of sp³-hybridized carbons (Fsp3) is 0.143. The molecular formula is C14H12N2O2. The van der Waals surface area contributed by atoms with Crippen LogP contribution in [0.4, 0.5) is 0 Å². The highest BCUT2D eigenvalue weighted by molar-refractivity contribution is 5.76. The van der Waals surface area contributed by atoms with Gasteiger partial charge in [0.05, 0.1) is 17.3 Å². The quantitative estimate of drug-likeness (QED) is 0.839. The van der Waals surface area contributed by atoms with Gasteiger partial charge < -0.3 is 9.72 Å². The number of carbonyl (C=O) groups is 1. The van der Waals surface area contributed by atoms with Crippen molar-refractivity contribution in [1.29, 1.82) is 5.26 Å². The highest BCUT2D eigenvalue weighted by Crippen LogP contribution is 2.35. The Bertz CT molecular complexity index is 618. The van der Waals surface area contributed by atoms with Crippen molar-refractivity contribution >= 4 is 6.47 Å². The Kier molecular flexibility index (Phi) is 3.16. The number of nitrogens with one attached hydrogen (secondary N) is 1. The molecule has 0 spiro atoms. The average Bonchev–Trinajstić information content (AvgIpc) is 2.65. The Hall–Kier alpha value is -2.54. The molecule has 4 nitrogen and oxygen atoms in total. The first-order chi connectivity index (χ1) is 8.67. The second-order valence-electron chi connectivity index (χ2n) is 3.98. The smallest absolute Gasteiger partial charge is 0.298 e. The van der Waals surface area contributed by atoms with E-state index in [9.17, 15) is 4.79 Å². The van der Waals surface area contributed by atoms with E-state index < -0.39 is 0 Å². The summed E-state index contributed by atoms with van der Waals surface area (Å²) in [6.07, 6.45) is 0. The van der Waals surface area contributed by atoms with E-state index in [0.717, 1.165) is 22.5 Å². The molecule has 0 saturated heterocycles. The highest BCUT2D eigenvalue weighted by Gasteiger charge is 2.15. The van der Waals surface area contributed by atoms with Gasteiger partial charge >= 0.3 is 0 Å². The van der Waals surface area contributed by atoms with Crippen molar-refractivity contribution in [3.8, 4) is 22.9 Å². The zero-order valence-corrected chi connectivity index (χ0v) is 10.2. The monoisotopic (exact) mass is 240 g/mol. The van der Waals surface area contributed by atoms with Gasteiger partial charge in [0.15, 0.2) is 5.75 Å². The maximum atomic E-state index is 10.5. The molecule has 0 radical (unpaired) electrons. The minimum Gasteiger partial charge on any atom is -0.426 e. The molecule has 0 aliphatic heterocycles. The molecule has 0 fully saturated rings. The Morgan fingerprint density at radius 2 is 1.89 bits per heavy atom. The molecule has 2 aromatic rings. The Balaban J connectivity index is 2.55. The molecule has 18 heavy (non-hydrogen) atoms. The molecule has 0 aliphatic rings. The first kappa shape index (κ1) is 11.9. The molecule has 1 N–H and O–H groups in total. The van der Waals surface area contributed by atoms with Crippen LogP contribution in [-0.2, 0) is 4.79 Å². The van der Waals surface area contributed by atoms with Crippen LogP contribution in [0.2, 0.25) is 0 Å². The number of nitrogens with zero attached hydrogens (tertiary/aromatic N) is 1. The van der Waals surface area contributed by atoms with Crippen molar-refractivity contribution in [2.45, 2.75) is 13.8 Å². The first-order valence-electron chi connectivity index (χ1n) is 5.47. The summed E-state index contributed by atoms with van der Waals surface area (Å²) in [6.45, 7) is 4.18. The lowest BCUT2D eigenvalue weighted by molar-refractivity contribution is -0.120. The summed E-state index contributed by atoms with van der Waals surface area (Å²) in [5, 5.41) is 8.77. The lowest BCUT2D eigenvalue weighted by Gasteiger charge is -2.04. The average molecular weight is 240 g/mol. The number of hydrogen-bond acceptors (Lipinski definition) is 3. The van der Waals surface area contributed by atoms with Gasteiger partial charge in [0, 0.05) is 11.3 Å². The fourth-order valence-electron chi connectivity index (χ4n) is 2.01. The summed E-state index contributed by atoms with van der Waals surface area (Å²) >= 11 is 0. The van der Waals surface area contributed by atoms with Gasteiger partial charge in [-0.25, -0.2) is 0 Å². The Morgan fingerprint density at radius 3 is 2.44 bits per heavy atom. The van der Waals surface area contributed by atoms with Gasteiger partial charge in [-0.3, -0.25) is 4.79 Å². The largest absolute Gasteiger partial charge is 0.426 e. The van der Waals surface area contributed by atoms with Crippen LogP contribution in [0.25, 0.3) is 11.1 Å². The maximum Gasteiger partial charge on any atom is 0.298 e. The predicted octanol–water partition coefficient (Wildman–Crippen LogP) is 2.71. The third-order valence-electron chi connectivity index (χ3n) is 2.79. The van der Waals surface area contributed by atoms with E-state index in [-0.39, 0.29) is 0 Å². The number of rotatable bonds is 3. The summed E-state index contributed by atoms with van der Waals surface area (Å²) in [5.74, 6) is 0.534. The molecule has 0 atom stereocenters. The van der Waals surface area contributed by atoms with Crippen LogP contribution < -0.4 is 4.74 Å². The van der Waals surface area contributed by atoms with E-state index in [4.69, 9.17) is 10.00 Å². The lowest BCUT2D eigenvalue weighted by atomic mass is 10.0. The molecule has 1 aromatic carbocycles. The minimum atomic E-state index is 0.419. The number of aromatic nitrogens is 1. The van der Waals surface area contributed by atoms with E-state index in [1.165, 1.54) is 0 Å². The fourth-order valence-corrected chi connectivity index (χ4v) is 2.01. The standard InChI is InChI=1S/C14H12N2O2/c1-9-13(14(18-8-17)10(2)16-9)12-5-3-11(7-15)4-6-12/h3-6,8,16H,1-2H3. The van der Waals surface area contributed by atoms with Crippen LogP contribution in [0.1, 0.15) is 17.0 Å². The Morgan fingerprint density at radius 1 is 1.22 bits per heavy atom. The molecule has 0 bridgehead atoms. The number of hydrogen-bond donors (Lipinski definition) is 1. The molecule has 0 saturated carbocycles. The predicted molar refractivity (Wildman–Crippen MR) is 67.1 cm³/mol. The van der Waals surface area contributed by atoms with Gasteiger partial charge in [-0.05, 0) is 31.5 Å². The van der Waals surface area contributed by atoms with Crippen molar-refractivity contribution in [3.05, 3.63) is 41.2 Å².